The number of ether oxygens (including phenoxy) is 1. The minimum absolute atomic E-state index is 0.134. The van der Waals surface area contributed by atoms with Crippen molar-refractivity contribution in [2.75, 3.05) is 0 Å². The molecule has 0 bridgehead atoms. The van der Waals surface area contributed by atoms with Gasteiger partial charge in [0.05, 0.1) is 0 Å². The van der Waals surface area contributed by atoms with Crippen LogP contribution in [0.25, 0.3) is 0 Å². The van der Waals surface area contributed by atoms with Crippen molar-refractivity contribution in [1.82, 2.24) is 10.7 Å². The Morgan fingerprint density at radius 1 is 1.20 bits per heavy atom. The van der Waals surface area contributed by atoms with E-state index in [1.54, 1.807) is 0 Å². The molecule has 1 saturated heterocycles. The van der Waals surface area contributed by atoms with Crippen LogP contribution in [0, 0.1) is 0 Å². The lowest BCUT2D eigenvalue weighted by Gasteiger charge is -2.19. The Hall–Kier alpha value is -1.10. The van der Waals surface area contributed by atoms with Crippen LogP contribution in [0.2, 0.25) is 0 Å². The fraction of sp³-hybridized carbons (Fsp3) is 0.750. The zero-order valence-electron chi connectivity index (χ0n) is 6.41. The molecular weight excluding hydrogens is 241 g/mol. The number of rotatable bonds is 1. The Labute approximate surface area is 76.4 Å². The summed E-state index contributed by atoms with van der Waals surface area (Å²) in [7, 11) is 0. The molecule has 1 fully saturated rings. The van der Waals surface area contributed by atoms with E-state index in [9.17, 15) is 35.7 Å². The molecular formula is C4HF7N2O2. The van der Waals surface area contributed by atoms with Gasteiger partial charge in [-0.15, -0.1) is 8.96 Å². The Balaban J connectivity index is 3.14. The lowest BCUT2D eigenvalue weighted by Crippen LogP contribution is -2.52. The summed E-state index contributed by atoms with van der Waals surface area (Å²) in [5.41, 5.74) is -0.134. The van der Waals surface area contributed by atoms with Gasteiger partial charge in [-0.1, -0.05) is 0 Å². The Kier molecular flexibility index (Phi) is 2.35. The number of nitrogens with one attached hydrogen (secondary N) is 1. The zero-order valence-corrected chi connectivity index (χ0v) is 6.41. The molecule has 11 heteroatoms. The molecule has 88 valence electrons. The van der Waals surface area contributed by atoms with E-state index < -0.39 is 29.2 Å². The molecule has 1 N–H and O–H groups in total. The summed E-state index contributed by atoms with van der Waals surface area (Å²) < 4.78 is 87.9. The van der Waals surface area contributed by atoms with E-state index in [-0.39, 0.29) is 5.54 Å². The lowest BCUT2D eigenvalue weighted by molar-refractivity contribution is -0.339. The second kappa shape index (κ2) is 2.95. The third-order valence-corrected chi connectivity index (χ3v) is 1.48. The molecule has 1 amide bonds. The van der Waals surface area contributed by atoms with E-state index in [4.69, 9.17) is 0 Å². The molecule has 1 atom stereocenters. The summed E-state index contributed by atoms with van der Waals surface area (Å²) in [6, 6.07) is -5.73. The lowest BCUT2D eigenvalue weighted by atomic mass is 10.4. The molecule has 1 unspecified atom stereocenters. The third-order valence-electron chi connectivity index (χ3n) is 1.48. The fourth-order valence-electron chi connectivity index (χ4n) is 0.760. The number of hydrogen-bond donors (Lipinski definition) is 1. The number of amides is 1. The quantitative estimate of drug-likeness (QED) is 0.424. The maximum atomic E-state index is 12.8. The van der Waals surface area contributed by atoms with Gasteiger partial charge in [0.2, 0.25) is 0 Å². The molecule has 1 rings (SSSR count). The minimum atomic E-state index is -5.73. The summed E-state index contributed by atoms with van der Waals surface area (Å²) in [4.78, 5) is 10.2. The van der Waals surface area contributed by atoms with Crippen molar-refractivity contribution < 1.29 is 40.4 Å². The molecule has 0 aromatic rings. The zero-order chi connectivity index (χ0) is 12.1. The number of alkyl halides is 5. The van der Waals surface area contributed by atoms with E-state index in [0.717, 1.165) is 0 Å². The van der Waals surface area contributed by atoms with Gasteiger partial charge in [-0.2, -0.15) is 27.5 Å². The summed E-state index contributed by atoms with van der Waals surface area (Å²) in [6.07, 6.45) is -5.61. The first-order valence-corrected chi connectivity index (χ1v) is 3.11. The second-order valence-electron chi connectivity index (χ2n) is 2.43. The van der Waals surface area contributed by atoms with Crippen LogP contribution in [0.4, 0.5) is 30.9 Å². The maximum Gasteiger partial charge on any atom is 0.441 e. The van der Waals surface area contributed by atoms with Gasteiger partial charge < -0.3 is 0 Å². The van der Waals surface area contributed by atoms with Crippen molar-refractivity contribution >= 4 is 5.91 Å². The molecule has 0 spiro atoms. The Bertz CT molecular complexity index is 297. The molecule has 0 aromatic heterocycles. The van der Waals surface area contributed by atoms with Crippen molar-refractivity contribution in [2.45, 2.75) is 18.1 Å². The Morgan fingerprint density at radius 2 is 1.67 bits per heavy atom. The summed E-state index contributed by atoms with van der Waals surface area (Å²) >= 11 is 0. The van der Waals surface area contributed by atoms with Crippen molar-refractivity contribution in [3.63, 3.8) is 0 Å². The average molecular weight is 242 g/mol. The number of hydrogen-bond acceptors (Lipinski definition) is 3. The van der Waals surface area contributed by atoms with Gasteiger partial charge in [0.15, 0.2) is 0 Å². The number of halogens is 7. The molecule has 0 saturated carbocycles. The maximum absolute atomic E-state index is 12.8. The van der Waals surface area contributed by atoms with Crippen LogP contribution in [-0.4, -0.2) is 29.2 Å². The molecule has 1 aliphatic heterocycles. The third kappa shape index (κ3) is 1.33. The highest BCUT2D eigenvalue weighted by atomic mass is 19.3. The summed E-state index contributed by atoms with van der Waals surface area (Å²) in [5, 5.41) is -2.51. The molecule has 4 nitrogen and oxygen atoms in total. The van der Waals surface area contributed by atoms with Crippen LogP contribution in [0.1, 0.15) is 0 Å². The van der Waals surface area contributed by atoms with Gasteiger partial charge in [-0.25, -0.2) is 0 Å². The largest absolute Gasteiger partial charge is 0.441 e. The highest BCUT2D eigenvalue weighted by Crippen LogP contribution is 2.51. The topological polar surface area (TPSA) is 41.6 Å². The van der Waals surface area contributed by atoms with Gasteiger partial charge in [0.1, 0.15) is 0 Å². The predicted octanol–water partition coefficient (Wildman–Crippen LogP) is 1.01. The molecule has 1 aliphatic rings. The molecule has 1 heterocycles. The van der Waals surface area contributed by atoms with Crippen molar-refractivity contribution in [1.29, 1.82) is 0 Å². The molecule has 15 heavy (non-hydrogen) atoms. The SMILES string of the molecule is O=C(NF)C1(F)OC(F)(F)C(F)(F)N1F. The van der Waals surface area contributed by atoms with Crippen LogP contribution in [0.15, 0.2) is 0 Å². The van der Waals surface area contributed by atoms with Crippen LogP contribution in [0.3, 0.4) is 0 Å². The van der Waals surface area contributed by atoms with E-state index in [0.29, 0.717) is 0 Å². The van der Waals surface area contributed by atoms with Gasteiger partial charge in [0.25, 0.3) is 0 Å². The van der Waals surface area contributed by atoms with E-state index >= 15 is 0 Å². The normalized spacial score (nSPS) is 34.1. The van der Waals surface area contributed by atoms with Gasteiger partial charge in [-0.3, -0.25) is 9.53 Å². The standard InChI is InChI=1S/C4HF7N2O2/c5-2(1(14)12-10)13(11)3(6,7)4(8,9)15-2/h(H,12,14). The predicted molar refractivity (Wildman–Crippen MR) is 27.0 cm³/mol. The molecule has 0 aliphatic carbocycles. The van der Waals surface area contributed by atoms with E-state index in [2.05, 4.69) is 4.74 Å². The fourth-order valence-corrected chi connectivity index (χ4v) is 0.760. The first-order valence-electron chi connectivity index (χ1n) is 3.11. The smallest absolute Gasteiger partial charge is 0.264 e. The molecule has 0 aromatic carbocycles. The number of nitrogens with zero attached hydrogens (tertiary/aromatic N) is 1. The minimum Gasteiger partial charge on any atom is -0.264 e. The Morgan fingerprint density at radius 3 is 1.93 bits per heavy atom. The van der Waals surface area contributed by atoms with E-state index in [1.807, 2.05) is 0 Å². The number of carbonyl (C=O) groups is 1. The highest BCUT2D eigenvalue weighted by Gasteiger charge is 2.81. The van der Waals surface area contributed by atoms with Crippen LogP contribution < -0.4 is 5.54 Å². The number of carbonyl (C=O) groups excluding carboxylic acids is 1. The first kappa shape index (κ1) is 12.0. The molecule has 0 radical (unpaired) electrons. The van der Waals surface area contributed by atoms with Gasteiger partial charge in [0, 0.05) is 0 Å². The van der Waals surface area contributed by atoms with Gasteiger partial charge in [-0.05, 0) is 5.12 Å². The van der Waals surface area contributed by atoms with Crippen molar-refractivity contribution in [3.05, 3.63) is 0 Å². The first-order chi connectivity index (χ1) is 6.59. The van der Waals surface area contributed by atoms with Crippen molar-refractivity contribution in [3.8, 4) is 0 Å². The summed E-state index contributed by atoms with van der Waals surface area (Å²) in [6.45, 7) is 0. The van der Waals surface area contributed by atoms with Gasteiger partial charge >= 0.3 is 24.0 Å². The van der Waals surface area contributed by atoms with Crippen LogP contribution in [0.5, 0.6) is 0 Å². The highest BCUT2D eigenvalue weighted by molar-refractivity contribution is 5.82. The van der Waals surface area contributed by atoms with Crippen LogP contribution in [-0.2, 0) is 9.53 Å². The van der Waals surface area contributed by atoms with E-state index in [1.165, 1.54) is 0 Å². The second-order valence-corrected chi connectivity index (χ2v) is 2.43. The summed E-state index contributed by atoms with van der Waals surface area (Å²) in [5.74, 6) is -7.70. The van der Waals surface area contributed by atoms with Crippen LogP contribution >= 0.6 is 0 Å². The van der Waals surface area contributed by atoms with Crippen molar-refractivity contribution in [2.24, 2.45) is 0 Å². The monoisotopic (exact) mass is 242 g/mol. The average Bonchev–Trinajstić information content (AvgIpc) is 2.24.